The third-order valence-corrected chi connectivity index (χ3v) is 3.42. The molecule has 21 heavy (non-hydrogen) atoms. The Morgan fingerprint density at radius 2 is 1.90 bits per heavy atom. The van der Waals surface area contributed by atoms with E-state index in [0.717, 1.165) is 27.9 Å². The van der Waals surface area contributed by atoms with Crippen LogP contribution in [0.3, 0.4) is 0 Å². The minimum absolute atomic E-state index is 0.332. The van der Waals surface area contributed by atoms with Gasteiger partial charge >= 0.3 is 5.97 Å². The van der Waals surface area contributed by atoms with Gasteiger partial charge in [-0.2, -0.15) is 0 Å². The van der Waals surface area contributed by atoms with Crippen molar-refractivity contribution in [2.45, 2.75) is 0 Å². The number of hydrogen-bond acceptors (Lipinski definition) is 3. The van der Waals surface area contributed by atoms with Crippen molar-refractivity contribution in [3.05, 3.63) is 54.1 Å². The normalized spacial score (nSPS) is 10.6. The van der Waals surface area contributed by atoms with E-state index in [9.17, 15) is 4.79 Å². The van der Waals surface area contributed by atoms with Crippen LogP contribution in [0.25, 0.3) is 22.2 Å². The predicted octanol–water partition coefficient (Wildman–Crippen LogP) is 3.63. The Morgan fingerprint density at radius 3 is 2.67 bits per heavy atom. The number of aromatic nitrogens is 1. The molecule has 4 nitrogen and oxygen atoms in total. The van der Waals surface area contributed by atoms with Crippen molar-refractivity contribution < 1.29 is 14.3 Å². The van der Waals surface area contributed by atoms with E-state index >= 15 is 0 Å². The summed E-state index contributed by atoms with van der Waals surface area (Å²) in [6, 6.07) is 15.3. The fourth-order valence-corrected chi connectivity index (χ4v) is 2.32. The molecule has 0 saturated carbocycles. The Bertz CT molecular complexity index is 805. The van der Waals surface area contributed by atoms with E-state index in [2.05, 4.69) is 4.98 Å². The summed E-state index contributed by atoms with van der Waals surface area (Å²) < 4.78 is 9.98. The van der Waals surface area contributed by atoms with Crippen molar-refractivity contribution >= 4 is 16.9 Å². The molecule has 0 spiro atoms. The maximum absolute atomic E-state index is 11.6. The molecule has 0 fully saturated rings. The van der Waals surface area contributed by atoms with Gasteiger partial charge in [-0.15, -0.1) is 0 Å². The Balaban J connectivity index is 2.06. The van der Waals surface area contributed by atoms with Crippen LogP contribution in [-0.4, -0.2) is 25.2 Å². The molecule has 0 atom stereocenters. The van der Waals surface area contributed by atoms with E-state index in [1.807, 2.05) is 42.5 Å². The minimum Gasteiger partial charge on any atom is -0.497 e. The highest BCUT2D eigenvalue weighted by atomic mass is 16.5. The molecule has 3 aromatic rings. The number of nitrogens with one attached hydrogen (secondary N) is 1. The van der Waals surface area contributed by atoms with E-state index in [1.54, 1.807) is 13.2 Å². The number of carbonyl (C=O) groups is 1. The molecule has 2 aromatic carbocycles. The lowest BCUT2D eigenvalue weighted by Crippen LogP contribution is -2.00. The molecule has 0 saturated heterocycles. The number of benzene rings is 2. The van der Waals surface area contributed by atoms with Crippen molar-refractivity contribution in [1.29, 1.82) is 0 Å². The Hall–Kier alpha value is -2.75. The lowest BCUT2D eigenvalue weighted by molar-refractivity contribution is 0.0601. The highest BCUT2D eigenvalue weighted by Crippen LogP contribution is 2.27. The molecule has 0 aliphatic rings. The summed E-state index contributed by atoms with van der Waals surface area (Å²) in [4.78, 5) is 14.9. The Kier molecular flexibility index (Phi) is 3.36. The van der Waals surface area contributed by atoms with Crippen molar-refractivity contribution in [2.75, 3.05) is 14.2 Å². The van der Waals surface area contributed by atoms with Crippen LogP contribution in [0.4, 0.5) is 0 Å². The first-order valence-electron chi connectivity index (χ1n) is 6.57. The first-order valence-corrected chi connectivity index (χ1v) is 6.57. The molecule has 3 rings (SSSR count). The summed E-state index contributed by atoms with van der Waals surface area (Å²) in [7, 11) is 3.03. The first-order chi connectivity index (χ1) is 10.2. The van der Waals surface area contributed by atoms with Crippen molar-refractivity contribution in [1.82, 2.24) is 4.98 Å². The first kappa shape index (κ1) is 13.2. The van der Waals surface area contributed by atoms with Gasteiger partial charge in [0.25, 0.3) is 0 Å². The lowest BCUT2D eigenvalue weighted by atomic mass is 10.1. The van der Waals surface area contributed by atoms with Gasteiger partial charge in [-0.05, 0) is 36.4 Å². The number of methoxy groups -OCH3 is 2. The molecule has 0 aliphatic heterocycles. The van der Waals surface area contributed by atoms with Crippen LogP contribution in [0, 0.1) is 0 Å². The zero-order valence-electron chi connectivity index (χ0n) is 11.8. The highest BCUT2D eigenvalue weighted by Gasteiger charge is 2.09. The molecule has 0 aliphatic carbocycles. The molecular formula is C17H15NO3. The van der Waals surface area contributed by atoms with Gasteiger partial charge < -0.3 is 14.5 Å². The molecule has 0 amide bonds. The van der Waals surface area contributed by atoms with Gasteiger partial charge in [0.15, 0.2) is 0 Å². The number of rotatable bonds is 3. The highest BCUT2D eigenvalue weighted by molar-refractivity contribution is 5.96. The van der Waals surface area contributed by atoms with Gasteiger partial charge in [0.05, 0.1) is 19.8 Å². The average Bonchev–Trinajstić information content (AvgIpc) is 2.97. The second-order valence-corrected chi connectivity index (χ2v) is 4.71. The van der Waals surface area contributed by atoms with Crippen LogP contribution >= 0.6 is 0 Å². The fraction of sp³-hybridized carbons (Fsp3) is 0.118. The molecule has 0 unspecified atom stereocenters. The van der Waals surface area contributed by atoms with E-state index in [-0.39, 0.29) is 5.97 Å². The number of fused-ring (bicyclic) bond motifs is 1. The van der Waals surface area contributed by atoms with E-state index in [1.165, 1.54) is 7.11 Å². The van der Waals surface area contributed by atoms with Crippen LogP contribution in [0.15, 0.2) is 48.5 Å². The summed E-state index contributed by atoms with van der Waals surface area (Å²) in [6.45, 7) is 0. The molecule has 0 bridgehead atoms. The molecule has 1 aromatic heterocycles. The topological polar surface area (TPSA) is 51.3 Å². The van der Waals surface area contributed by atoms with Crippen LogP contribution in [-0.2, 0) is 4.74 Å². The molecule has 106 valence electrons. The SMILES string of the molecule is COC(=O)c1ccc2[nH]c(-c3cccc(OC)c3)cc2c1. The number of ether oxygens (including phenoxy) is 2. The maximum atomic E-state index is 11.6. The van der Waals surface area contributed by atoms with Crippen LogP contribution in [0.2, 0.25) is 0 Å². The number of esters is 1. The van der Waals surface area contributed by atoms with Crippen molar-refractivity contribution in [3.8, 4) is 17.0 Å². The van der Waals surface area contributed by atoms with E-state index in [0.29, 0.717) is 5.56 Å². The molecule has 4 heteroatoms. The maximum Gasteiger partial charge on any atom is 0.337 e. The predicted molar refractivity (Wildman–Crippen MR) is 81.6 cm³/mol. The summed E-state index contributed by atoms with van der Waals surface area (Å²) in [5.74, 6) is 0.474. The third kappa shape index (κ3) is 2.48. The summed E-state index contributed by atoms with van der Waals surface area (Å²) >= 11 is 0. The largest absolute Gasteiger partial charge is 0.497 e. The van der Waals surface area contributed by atoms with E-state index < -0.39 is 0 Å². The van der Waals surface area contributed by atoms with Crippen molar-refractivity contribution in [2.24, 2.45) is 0 Å². The van der Waals surface area contributed by atoms with Gasteiger partial charge in [0.1, 0.15) is 5.75 Å². The fourth-order valence-electron chi connectivity index (χ4n) is 2.32. The Labute approximate surface area is 122 Å². The van der Waals surface area contributed by atoms with Crippen LogP contribution in [0.5, 0.6) is 5.75 Å². The van der Waals surface area contributed by atoms with Crippen LogP contribution in [0.1, 0.15) is 10.4 Å². The summed E-state index contributed by atoms with van der Waals surface area (Å²) in [6.07, 6.45) is 0. The van der Waals surface area contributed by atoms with Gasteiger partial charge in [-0.1, -0.05) is 12.1 Å². The quantitative estimate of drug-likeness (QED) is 0.746. The number of aromatic amines is 1. The monoisotopic (exact) mass is 281 g/mol. The summed E-state index contributed by atoms with van der Waals surface area (Å²) in [5.41, 5.74) is 3.53. The summed E-state index contributed by atoms with van der Waals surface area (Å²) in [5, 5.41) is 0.968. The minimum atomic E-state index is -0.332. The second-order valence-electron chi connectivity index (χ2n) is 4.71. The third-order valence-electron chi connectivity index (χ3n) is 3.42. The zero-order chi connectivity index (χ0) is 14.8. The van der Waals surface area contributed by atoms with Crippen LogP contribution < -0.4 is 4.74 Å². The van der Waals surface area contributed by atoms with Gasteiger partial charge in [0.2, 0.25) is 0 Å². The smallest absolute Gasteiger partial charge is 0.337 e. The molecule has 1 heterocycles. The van der Waals surface area contributed by atoms with Gasteiger partial charge in [0, 0.05) is 22.2 Å². The van der Waals surface area contributed by atoms with Gasteiger partial charge in [-0.25, -0.2) is 4.79 Å². The second kappa shape index (κ2) is 5.32. The standard InChI is InChI=1S/C17H15NO3/c1-20-14-5-3-4-11(9-14)16-10-13-8-12(17(19)21-2)6-7-15(13)18-16/h3-10,18H,1-2H3. The average molecular weight is 281 g/mol. The van der Waals surface area contributed by atoms with E-state index in [4.69, 9.17) is 9.47 Å². The molecular weight excluding hydrogens is 266 g/mol. The van der Waals surface area contributed by atoms with Crippen molar-refractivity contribution in [3.63, 3.8) is 0 Å². The molecule has 1 N–H and O–H groups in total. The zero-order valence-corrected chi connectivity index (χ0v) is 11.8. The lowest BCUT2D eigenvalue weighted by Gasteiger charge is -2.02. The number of H-pyrrole nitrogens is 1. The Morgan fingerprint density at radius 1 is 1.05 bits per heavy atom. The number of carbonyl (C=O) groups excluding carboxylic acids is 1. The molecule has 0 radical (unpaired) electrons. The van der Waals surface area contributed by atoms with Gasteiger partial charge in [-0.3, -0.25) is 0 Å². The number of hydrogen-bond donors (Lipinski definition) is 1.